The first-order valence-corrected chi connectivity index (χ1v) is 28.1. The lowest BCUT2D eigenvalue weighted by molar-refractivity contribution is -0.163. The second kappa shape index (κ2) is 57.6. The Bertz CT molecular complexity index is 1390. The van der Waals surface area contributed by atoms with Crippen molar-refractivity contribution in [2.45, 2.75) is 245 Å². The smallest absolute Gasteiger partial charge is 0.306 e. The maximum Gasteiger partial charge on any atom is 0.306 e. The second-order valence-corrected chi connectivity index (χ2v) is 18.1. The van der Waals surface area contributed by atoms with Gasteiger partial charge in [0.05, 0.1) is 6.61 Å². The standard InChI is InChI=1S/C63H104O5/c1-4-7-10-13-16-19-22-25-27-29-31-33-35-37-40-43-46-49-52-55-58-66-59-61(68-63(65)57-54-51-48-45-42-38-24-21-18-15-12-9-6-3)60-67-62(64)56-53-50-47-44-41-39-36-34-32-30-28-26-23-20-17-14-11-8-5-2/h7-8,10-11,16-17,19-20,25-28,31-34,37,40,46,49,61H,4-6,9,12-15,18,21-24,29-30,35-36,38-39,41-45,47-48,50-60H2,1-3H3/b10-7-,11-8-,19-16-,20-17-,27-25-,28-26-,33-31-,34-32-,40-37-,49-46-. The molecular weight excluding hydrogens is 837 g/mol. The summed E-state index contributed by atoms with van der Waals surface area (Å²) in [5, 5.41) is 0. The van der Waals surface area contributed by atoms with Gasteiger partial charge in [0, 0.05) is 19.4 Å². The topological polar surface area (TPSA) is 61.8 Å². The first kappa shape index (κ1) is 64.3. The molecule has 0 amide bonds. The van der Waals surface area contributed by atoms with Crippen LogP contribution in [-0.2, 0) is 23.8 Å². The van der Waals surface area contributed by atoms with Crippen LogP contribution in [0.15, 0.2) is 122 Å². The monoisotopic (exact) mass is 941 g/mol. The molecule has 0 aliphatic rings. The SMILES string of the molecule is CC/C=C\C/C=C\C/C=C\C/C=C\C/C=C\C/C=C\CCCOCC(COC(=O)CCCCCCCC/C=C\C/C=C\C/C=C\C/C=C\CC)OC(=O)CCCCCCCCCCCCCCC. The summed E-state index contributed by atoms with van der Waals surface area (Å²) >= 11 is 0. The highest BCUT2D eigenvalue weighted by Crippen LogP contribution is 2.14. The van der Waals surface area contributed by atoms with E-state index in [1.165, 1.54) is 83.5 Å². The minimum Gasteiger partial charge on any atom is -0.462 e. The van der Waals surface area contributed by atoms with Gasteiger partial charge in [0.2, 0.25) is 0 Å². The number of carbonyl (C=O) groups is 2. The molecule has 1 unspecified atom stereocenters. The highest BCUT2D eigenvalue weighted by atomic mass is 16.6. The van der Waals surface area contributed by atoms with Gasteiger partial charge in [0.25, 0.3) is 0 Å². The average molecular weight is 942 g/mol. The van der Waals surface area contributed by atoms with E-state index in [2.05, 4.69) is 142 Å². The second-order valence-electron chi connectivity index (χ2n) is 18.1. The zero-order valence-corrected chi connectivity index (χ0v) is 44.3. The summed E-state index contributed by atoms with van der Waals surface area (Å²) in [5.74, 6) is -0.447. The number of hydrogen-bond acceptors (Lipinski definition) is 5. The van der Waals surface area contributed by atoms with E-state index in [0.29, 0.717) is 19.4 Å². The van der Waals surface area contributed by atoms with Gasteiger partial charge in [-0.2, -0.15) is 0 Å². The lowest BCUT2D eigenvalue weighted by Crippen LogP contribution is -2.30. The molecule has 0 saturated carbocycles. The maximum atomic E-state index is 12.8. The van der Waals surface area contributed by atoms with Gasteiger partial charge in [0.15, 0.2) is 6.10 Å². The summed E-state index contributed by atoms with van der Waals surface area (Å²) in [6.07, 6.45) is 80.8. The zero-order chi connectivity index (χ0) is 49.2. The third-order valence-electron chi connectivity index (χ3n) is 11.5. The van der Waals surface area contributed by atoms with Gasteiger partial charge in [0.1, 0.15) is 6.61 Å². The lowest BCUT2D eigenvalue weighted by atomic mass is 10.0. The van der Waals surface area contributed by atoms with Crippen molar-refractivity contribution >= 4 is 11.9 Å². The van der Waals surface area contributed by atoms with Crippen LogP contribution in [0.3, 0.4) is 0 Å². The molecule has 0 aliphatic carbocycles. The summed E-state index contributed by atoms with van der Waals surface area (Å²) in [6.45, 7) is 7.45. The van der Waals surface area contributed by atoms with E-state index in [1.807, 2.05) is 0 Å². The third kappa shape index (κ3) is 54.9. The summed E-state index contributed by atoms with van der Waals surface area (Å²) in [4.78, 5) is 25.5. The van der Waals surface area contributed by atoms with Gasteiger partial charge in [-0.1, -0.05) is 245 Å². The van der Waals surface area contributed by atoms with Crippen molar-refractivity contribution in [1.82, 2.24) is 0 Å². The van der Waals surface area contributed by atoms with E-state index >= 15 is 0 Å². The molecule has 68 heavy (non-hydrogen) atoms. The van der Waals surface area contributed by atoms with Crippen molar-refractivity contribution < 1.29 is 23.8 Å². The Balaban J connectivity index is 4.40. The van der Waals surface area contributed by atoms with E-state index in [0.717, 1.165) is 122 Å². The first-order chi connectivity index (χ1) is 33.6. The summed E-state index contributed by atoms with van der Waals surface area (Å²) in [7, 11) is 0. The van der Waals surface area contributed by atoms with Crippen LogP contribution in [0.1, 0.15) is 239 Å². The van der Waals surface area contributed by atoms with E-state index < -0.39 is 6.10 Å². The van der Waals surface area contributed by atoms with Crippen molar-refractivity contribution in [3.63, 3.8) is 0 Å². The van der Waals surface area contributed by atoms with Crippen LogP contribution in [0, 0.1) is 0 Å². The predicted octanol–water partition coefficient (Wildman–Crippen LogP) is 19.3. The van der Waals surface area contributed by atoms with Crippen LogP contribution >= 0.6 is 0 Å². The number of esters is 2. The highest BCUT2D eigenvalue weighted by molar-refractivity contribution is 5.70. The first-order valence-electron chi connectivity index (χ1n) is 28.1. The number of rotatable bonds is 50. The van der Waals surface area contributed by atoms with E-state index in [-0.39, 0.29) is 25.2 Å². The molecule has 386 valence electrons. The predicted molar refractivity (Wildman–Crippen MR) is 297 cm³/mol. The minimum atomic E-state index is -0.579. The Morgan fingerprint density at radius 2 is 0.662 bits per heavy atom. The molecule has 5 heteroatoms. The molecule has 0 heterocycles. The fourth-order valence-electron chi connectivity index (χ4n) is 7.40. The Labute approximate surface area is 420 Å². The van der Waals surface area contributed by atoms with Gasteiger partial charge in [-0.3, -0.25) is 9.59 Å². The molecule has 0 fully saturated rings. The fraction of sp³-hybridized carbons (Fsp3) is 0.651. The van der Waals surface area contributed by atoms with Crippen molar-refractivity contribution in [3.8, 4) is 0 Å². The van der Waals surface area contributed by atoms with Gasteiger partial charge in [-0.05, 0) is 103 Å². The average Bonchev–Trinajstić information content (AvgIpc) is 3.34. The Hall–Kier alpha value is -3.70. The van der Waals surface area contributed by atoms with E-state index in [1.54, 1.807) is 0 Å². The third-order valence-corrected chi connectivity index (χ3v) is 11.5. The molecule has 0 aromatic carbocycles. The molecule has 0 radical (unpaired) electrons. The summed E-state index contributed by atoms with van der Waals surface area (Å²) in [6, 6.07) is 0. The number of carbonyl (C=O) groups excluding carboxylic acids is 2. The van der Waals surface area contributed by atoms with Crippen molar-refractivity contribution in [2.75, 3.05) is 19.8 Å². The molecule has 0 spiro atoms. The molecule has 0 N–H and O–H groups in total. The Morgan fingerprint density at radius 3 is 1.06 bits per heavy atom. The normalized spacial score (nSPS) is 13.2. The molecule has 0 rings (SSSR count). The Kier molecular flexibility index (Phi) is 54.5. The zero-order valence-electron chi connectivity index (χ0n) is 44.3. The van der Waals surface area contributed by atoms with Crippen molar-refractivity contribution in [1.29, 1.82) is 0 Å². The Morgan fingerprint density at radius 1 is 0.338 bits per heavy atom. The number of allylic oxidation sites excluding steroid dienone is 20. The highest BCUT2D eigenvalue weighted by Gasteiger charge is 2.17. The fourth-order valence-corrected chi connectivity index (χ4v) is 7.40. The summed E-state index contributed by atoms with van der Waals surface area (Å²) in [5.41, 5.74) is 0. The van der Waals surface area contributed by atoms with Gasteiger partial charge in [-0.15, -0.1) is 0 Å². The summed E-state index contributed by atoms with van der Waals surface area (Å²) < 4.78 is 17.4. The van der Waals surface area contributed by atoms with Crippen LogP contribution in [-0.4, -0.2) is 37.9 Å². The number of unbranched alkanes of at least 4 members (excludes halogenated alkanes) is 19. The van der Waals surface area contributed by atoms with Crippen LogP contribution < -0.4 is 0 Å². The molecule has 0 saturated heterocycles. The maximum absolute atomic E-state index is 12.8. The largest absolute Gasteiger partial charge is 0.462 e. The molecule has 0 bridgehead atoms. The quantitative estimate of drug-likeness (QED) is 0.0345. The molecule has 5 nitrogen and oxygen atoms in total. The van der Waals surface area contributed by atoms with Crippen LogP contribution in [0.5, 0.6) is 0 Å². The number of ether oxygens (including phenoxy) is 3. The molecule has 1 atom stereocenters. The van der Waals surface area contributed by atoms with Gasteiger partial charge >= 0.3 is 11.9 Å². The van der Waals surface area contributed by atoms with Crippen LogP contribution in [0.2, 0.25) is 0 Å². The van der Waals surface area contributed by atoms with E-state index in [9.17, 15) is 9.59 Å². The number of hydrogen-bond donors (Lipinski definition) is 0. The molecule has 0 aromatic heterocycles. The van der Waals surface area contributed by atoms with Crippen molar-refractivity contribution in [2.24, 2.45) is 0 Å². The molecular formula is C63H104O5. The lowest BCUT2D eigenvalue weighted by Gasteiger charge is -2.18. The molecule has 0 aromatic rings. The van der Waals surface area contributed by atoms with E-state index in [4.69, 9.17) is 14.2 Å². The molecule has 0 aliphatic heterocycles. The van der Waals surface area contributed by atoms with Crippen LogP contribution in [0.25, 0.3) is 0 Å². The van der Waals surface area contributed by atoms with Gasteiger partial charge < -0.3 is 14.2 Å². The van der Waals surface area contributed by atoms with Gasteiger partial charge in [-0.25, -0.2) is 0 Å². The minimum absolute atomic E-state index is 0.0492. The van der Waals surface area contributed by atoms with Crippen LogP contribution in [0.4, 0.5) is 0 Å². The van der Waals surface area contributed by atoms with Crippen molar-refractivity contribution in [3.05, 3.63) is 122 Å².